The fourth-order valence-corrected chi connectivity index (χ4v) is 1.94. The predicted molar refractivity (Wildman–Crippen MR) is 81.1 cm³/mol. The van der Waals surface area contributed by atoms with Gasteiger partial charge in [0.15, 0.2) is 0 Å². The highest BCUT2D eigenvalue weighted by Crippen LogP contribution is 2.17. The number of aryl methyl sites for hydroxylation is 1. The molecule has 2 aromatic rings. The lowest BCUT2D eigenvalue weighted by Gasteiger charge is -2.11. The van der Waals surface area contributed by atoms with Gasteiger partial charge in [0.2, 0.25) is 0 Å². The summed E-state index contributed by atoms with van der Waals surface area (Å²) in [6.07, 6.45) is 3.29. The highest BCUT2D eigenvalue weighted by Gasteiger charge is 2.05. The lowest BCUT2D eigenvalue weighted by molar-refractivity contribution is 0.294. The first-order valence-corrected chi connectivity index (χ1v) is 6.53. The van der Waals surface area contributed by atoms with Crippen LogP contribution in [0.15, 0.2) is 41.5 Å². The first-order valence-electron chi connectivity index (χ1n) is 6.12. The first kappa shape index (κ1) is 14.2. The van der Waals surface area contributed by atoms with Crippen LogP contribution in [0.2, 0.25) is 0 Å². The number of hydrogen-bond acceptors (Lipinski definition) is 4. The highest BCUT2D eigenvalue weighted by molar-refractivity contribution is 7.80. The maximum absolute atomic E-state index is 11.5. The molecule has 0 unspecified atom stereocenters. The summed E-state index contributed by atoms with van der Waals surface area (Å²) >= 11 is 4.96. The number of ether oxygens (including phenoxy) is 1. The van der Waals surface area contributed by atoms with Crippen LogP contribution < -0.4 is 16.2 Å². The topological polar surface area (TPSA) is 70.1 Å². The molecule has 20 heavy (non-hydrogen) atoms. The average molecular weight is 289 g/mol. The molecule has 5 nitrogen and oxygen atoms in total. The fourth-order valence-electron chi connectivity index (χ4n) is 1.78. The van der Waals surface area contributed by atoms with Crippen molar-refractivity contribution in [3.63, 3.8) is 0 Å². The van der Waals surface area contributed by atoms with Crippen molar-refractivity contribution >= 4 is 17.2 Å². The molecule has 0 aliphatic rings. The van der Waals surface area contributed by atoms with Crippen LogP contribution in [-0.4, -0.2) is 21.1 Å². The van der Waals surface area contributed by atoms with Gasteiger partial charge >= 0.3 is 5.69 Å². The van der Waals surface area contributed by atoms with Crippen LogP contribution >= 0.6 is 12.2 Å². The van der Waals surface area contributed by atoms with Crippen molar-refractivity contribution in [1.82, 2.24) is 9.55 Å². The first-order chi connectivity index (χ1) is 9.58. The molecule has 104 valence electrons. The van der Waals surface area contributed by atoms with Gasteiger partial charge in [0.1, 0.15) is 17.3 Å². The van der Waals surface area contributed by atoms with Gasteiger partial charge in [-0.1, -0.05) is 24.4 Å². The molecule has 0 saturated heterocycles. The third-order valence-corrected chi connectivity index (χ3v) is 2.95. The molecule has 2 N–H and O–H groups in total. The summed E-state index contributed by atoms with van der Waals surface area (Å²) in [5.41, 5.74) is 6.95. The van der Waals surface area contributed by atoms with Gasteiger partial charge in [-0.05, 0) is 24.6 Å². The van der Waals surface area contributed by atoms with E-state index in [0.29, 0.717) is 24.5 Å². The van der Waals surface area contributed by atoms with E-state index in [2.05, 4.69) is 4.98 Å². The minimum atomic E-state index is -0.290. The van der Waals surface area contributed by atoms with Gasteiger partial charge in [-0.15, -0.1) is 0 Å². The Kier molecular flexibility index (Phi) is 4.47. The molecule has 0 fully saturated rings. The van der Waals surface area contributed by atoms with E-state index in [1.54, 1.807) is 24.5 Å². The molecule has 0 saturated carbocycles. The van der Waals surface area contributed by atoms with Gasteiger partial charge in [-0.25, -0.2) is 9.78 Å². The zero-order valence-corrected chi connectivity index (χ0v) is 11.9. The van der Waals surface area contributed by atoms with Crippen molar-refractivity contribution in [2.75, 3.05) is 6.61 Å². The maximum Gasteiger partial charge on any atom is 0.347 e. The SMILES string of the molecule is Cc1cnc(=O)n(CCOc2ccccc2C(N)=S)c1. The minimum absolute atomic E-state index is 0.287. The van der Waals surface area contributed by atoms with Crippen LogP contribution in [0.1, 0.15) is 11.1 Å². The fraction of sp³-hybridized carbons (Fsp3) is 0.214. The molecule has 0 aliphatic carbocycles. The third-order valence-electron chi connectivity index (χ3n) is 2.73. The van der Waals surface area contributed by atoms with Crippen LogP contribution in [0.4, 0.5) is 0 Å². The molecule has 0 radical (unpaired) electrons. The molecule has 1 heterocycles. The van der Waals surface area contributed by atoms with Crippen molar-refractivity contribution in [3.8, 4) is 5.75 Å². The van der Waals surface area contributed by atoms with Crippen LogP contribution in [-0.2, 0) is 6.54 Å². The Morgan fingerprint density at radius 3 is 2.95 bits per heavy atom. The molecular formula is C14H15N3O2S. The van der Waals surface area contributed by atoms with Crippen molar-refractivity contribution < 1.29 is 4.74 Å². The van der Waals surface area contributed by atoms with Crippen molar-refractivity contribution in [2.45, 2.75) is 13.5 Å². The van der Waals surface area contributed by atoms with Gasteiger partial charge in [-0.3, -0.25) is 4.57 Å². The predicted octanol–water partition coefficient (Wildman–Crippen LogP) is 1.26. The molecular weight excluding hydrogens is 274 g/mol. The summed E-state index contributed by atoms with van der Waals surface area (Å²) in [4.78, 5) is 15.6. The molecule has 0 amide bonds. The number of hydrogen-bond donors (Lipinski definition) is 1. The lowest BCUT2D eigenvalue weighted by Crippen LogP contribution is -2.25. The van der Waals surface area contributed by atoms with Gasteiger partial charge in [0.05, 0.1) is 12.1 Å². The van der Waals surface area contributed by atoms with E-state index in [9.17, 15) is 4.79 Å². The van der Waals surface area contributed by atoms with Gasteiger partial charge < -0.3 is 10.5 Å². The molecule has 2 rings (SSSR count). The zero-order chi connectivity index (χ0) is 14.5. The summed E-state index contributed by atoms with van der Waals surface area (Å²) in [7, 11) is 0. The van der Waals surface area contributed by atoms with Crippen LogP contribution in [0.5, 0.6) is 5.75 Å². The summed E-state index contributed by atoms with van der Waals surface area (Å²) in [5.74, 6) is 0.619. The summed E-state index contributed by atoms with van der Waals surface area (Å²) in [6.45, 7) is 2.63. The normalized spacial score (nSPS) is 10.2. The second kappa shape index (κ2) is 6.29. The van der Waals surface area contributed by atoms with Crippen molar-refractivity contribution in [2.24, 2.45) is 5.73 Å². The molecule has 6 heteroatoms. The van der Waals surface area contributed by atoms with E-state index in [-0.39, 0.29) is 10.7 Å². The Bertz CT molecular complexity index is 682. The molecule has 0 bridgehead atoms. The van der Waals surface area contributed by atoms with E-state index >= 15 is 0 Å². The molecule has 1 aromatic carbocycles. The van der Waals surface area contributed by atoms with E-state index in [0.717, 1.165) is 5.56 Å². The lowest BCUT2D eigenvalue weighted by atomic mass is 10.2. The number of thiocarbonyl (C=S) groups is 1. The number of aromatic nitrogens is 2. The summed E-state index contributed by atoms with van der Waals surface area (Å²) < 4.78 is 7.15. The van der Waals surface area contributed by atoms with Crippen molar-refractivity contribution in [3.05, 3.63) is 58.3 Å². The van der Waals surface area contributed by atoms with Gasteiger partial charge in [0, 0.05) is 12.4 Å². The van der Waals surface area contributed by atoms with E-state index < -0.39 is 0 Å². The Morgan fingerprint density at radius 2 is 2.20 bits per heavy atom. The highest BCUT2D eigenvalue weighted by atomic mass is 32.1. The Labute approximate surface area is 122 Å². The quantitative estimate of drug-likeness (QED) is 0.839. The monoisotopic (exact) mass is 289 g/mol. The van der Waals surface area contributed by atoms with Gasteiger partial charge in [-0.2, -0.15) is 0 Å². The minimum Gasteiger partial charge on any atom is -0.491 e. The molecule has 0 spiro atoms. The van der Waals surface area contributed by atoms with Crippen LogP contribution in [0.3, 0.4) is 0 Å². The van der Waals surface area contributed by atoms with Crippen molar-refractivity contribution in [1.29, 1.82) is 0 Å². The van der Waals surface area contributed by atoms with Crippen LogP contribution in [0.25, 0.3) is 0 Å². The summed E-state index contributed by atoms with van der Waals surface area (Å²) in [6, 6.07) is 7.29. The zero-order valence-electron chi connectivity index (χ0n) is 11.1. The number of benzene rings is 1. The Morgan fingerprint density at radius 1 is 1.45 bits per heavy atom. The smallest absolute Gasteiger partial charge is 0.347 e. The third kappa shape index (κ3) is 3.42. The Balaban J connectivity index is 2.05. The van der Waals surface area contributed by atoms with Crippen LogP contribution in [0, 0.1) is 6.92 Å². The molecule has 1 aromatic heterocycles. The average Bonchev–Trinajstić information content (AvgIpc) is 2.43. The molecule has 0 aliphatic heterocycles. The second-order valence-electron chi connectivity index (χ2n) is 4.32. The number of nitrogens with zero attached hydrogens (tertiary/aromatic N) is 2. The summed E-state index contributed by atoms with van der Waals surface area (Å²) in [5, 5.41) is 0. The van der Waals surface area contributed by atoms with Gasteiger partial charge in [0.25, 0.3) is 0 Å². The largest absolute Gasteiger partial charge is 0.491 e. The standard InChI is InChI=1S/C14H15N3O2S/c1-10-8-16-14(18)17(9-10)6-7-19-12-5-3-2-4-11(12)13(15)20/h2-5,8-9H,6-7H2,1H3,(H2,15,20). The Hall–Kier alpha value is -2.21. The number of nitrogens with two attached hydrogens (primary N) is 1. The van der Waals surface area contributed by atoms with E-state index in [4.69, 9.17) is 22.7 Å². The number of para-hydroxylation sites is 1. The van der Waals surface area contributed by atoms with E-state index in [1.165, 1.54) is 4.57 Å². The van der Waals surface area contributed by atoms with E-state index in [1.807, 2.05) is 19.1 Å². The second-order valence-corrected chi connectivity index (χ2v) is 4.76. The maximum atomic E-state index is 11.5. The molecule has 0 atom stereocenters. The number of rotatable bonds is 5.